The van der Waals surface area contributed by atoms with E-state index in [0.717, 1.165) is 44.3 Å². The third-order valence-corrected chi connectivity index (χ3v) is 4.09. The Morgan fingerprint density at radius 1 is 1.41 bits per heavy atom. The van der Waals surface area contributed by atoms with Crippen LogP contribution in [0.1, 0.15) is 62.6 Å². The number of amides is 1. The second-order valence-corrected chi connectivity index (χ2v) is 6.52. The Morgan fingerprint density at radius 2 is 2.05 bits per heavy atom. The molecule has 0 atom stereocenters. The zero-order valence-corrected chi connectivity index (χ0v) is 14.7. The van der Waals surface area contributed by atoms with E-state index >= 15 is 0 Å². The molecule has 22 heavy (non-hydrogen) atoms. The fourth-order valence-corrected chi connectivity index (χ4v) is 2.93. The van der Waals surface area contributed by atoms with Crippen LogP contribution < -0.4 is 11.1 Å². The number of hydrogen-bond donors (Lipinski definition) is 2. The minimum absolute atomic E-state index is 0. The van der Waals surface area contributed by atoms with Crippen molar-refractivity contribution >= 4 is 18.3 Å². The normalized spacial score (nSPS) is 21.5. The standard InChI is InChI=1S/C16H28N4O.ClH/c1-4-20-15(10-14(19-20)9-11(2)3)16(21)18-13-7-5-12(17)6-8-13;/h10-13H,4-9,17H2,1-3H3,(H,18,21);1H. The Bertz CT molecular complexity index is 478. The summed E-state index contributed by atoms with van der Waals surface area (Å²) in [5, 5.41) is 7.67. The number of nitrogens with one attached hydrogen (secondary N) is 1. The first kappa shape index (κ1) is 19.0. The van der Waals surface area contributed by atoms with Crippen molar-refractivity contribution in [2.45, 2.75) is 71.5 Å². The van der Waals surface area contributed by atoms with Gasteiger partial charge in [-0.3, -0.25) is 9.48 Å². The smallest absolute Gasteiger partial charge is 0.269 e. The fourth-order valence-electron chi connectivity index (χ4n) is 2.93. The van der Waals surface area contributed by atoms with Crippen LogP contribution in [-0.2, 0) is 13.0 Å². The molecule has 0 spiro atoms. The van der Waals surface area contributed by atoms with Gasteiger partial charge >= 0.3 is 0 Å². The van der Waals surface area contributed by atoms with Crippen LogP contribution in [0.15, 0.2) is 6.07 Å². The molecule has 1 amide bonds. The van der Waals surface area contributed by atoms with Crippen LogP contribution >= 0.6 is 12.4 Å². The number of nitrogens with zero attached hydrogens (tertiary/aromatic N) is 2. The van der Waals surface area contributed by atoms with Gasteiger partial charge < -0.3 is 11.1 Å². The van der Waals surface area contributed by atoms with Gasteiger partial charge in [0.25, 0.3) is 5.91 Å². The first-order valence-electron chi connectivity index (χ1n) is 8.12. The first-order chi connectivity index (χ1) is 9.99. The van der Waals surface area contributed by atoms with Gasteiger partial charge in [0.15, 0.2) is 0 Å². The van der Waals surface area contributed by atoms with Crippen molar-refractivity contribution in [3.63, 3.8) is 0 Å². The summed E-state index contributed by atoms with van der Waals surface area (Å²) in [6.07, 6.45) is 4.86. The van der Waals surface area contributed by atoms with Crippen LogP contribution in [0.5, 0.6) is 0 Å². The molecule has 1 saturated carbocycles. The third-order valence-electron chi connectivity index (χ3n) is 4.09. The van der Waals surface area contributed by atoms with Crippen molar-refractivity contribution in [1.29, 1.82) is 0 Å². The minimum atomic E-state index is -0.000160. The van der Waals surface area contributed by atoms with Gasteiger partial charge in [-0.2, -0.15) is 5.10 Å². The lowest BCUT2D eigenvalue weighted by atomic mass is 9.92. The van der Waals surface area contributed by atoms with Crippen LogP contribution in [-0.4, -0.2) is 27.8 Å². The highest BCUT2D eigenvalue weighted by atomic mass is 35.5. The SMILES string of the molecule is CCn1nc(CC(C)C)cc1C(=O)NC1CCC(N)CC1.Cl. The summed E-state index contributed by atoms with van der Waals surface area (Å²) in [5.41, 5.74) is 7.59. The number of aromatic nitrogens is 2. The predicted molar refractivity (Wildman–Crippen MR) is 91.4 cm³/mol. The molecule has 0 aliphatic heterocycles. The first-order valence-corrected chi connectivity index (χ1v) is 8.12. The number of carbonyl (C=O) groups excluding carboxylic acids is 1. The molecule has 1 aromatic rings. The second kappa shape index (κ2) is 8.53. The van der Waals surface area contributed by atoms with Gasteiger partial charge in [-0.25, -0.2) is 0 Å². The van der Waals surface area contributed by atoms with E-state index in [1.807, 2.05) is 17.7 Å². The molecule has 0 aromatic carbocycles. The van der Waals surface area contributed by atoms with Gasteiger partial charge in [0.2, 0.25) is 0 Å². The number of rotatable bonds is 5. The summed E-state index contributed by atoms with van der Waals surface area (Å²) in [7, 11) is 0. The molecule has 1 aliphatic carbocycles. The number of halogens is 1. The Labute approximate surface area is 139 Å². The largest absolute Gasteiger partial charge is 0.348 e. The van der Waals surface area contributed by atoms with E-state index in [1.165, 1.54) is 0 Å². The number of aryl methyl sites for hydroxylation is 1. The van der Waals surface area contributed by atoms with Crippen LogP contribution in [0, 0.1) is 5.92 Å². The average molecular weight is 329 g/mol. The van der Waals surface area contributed by atoms with Gasteiger partial charge in [-0.15, -0.1) is 12.4 Å². The molecule has 0 saturated heterocycles. The summed E-state index contributed by atoms with van der Waals surface area (Å²) in [5.74, 6) is 0.542. The van der Waals surface area contributed by atoms with Crippen molar-refractivity contribution in [2.75, 3.05) is 0 Å². The molecule has 1 aliphatic rings. The molecular formula is C16H29ClN4O. The maximum Gasteiger partial charge on any atom is 0.269 e. The molecule has 5 nitrogen and oxygen atoms in total. The number of nitrogens with two attached hydrogens (primary N) is 1. The summed E-state index contributed by atoms with van der Waals surface area (Å²) in [6, 6.07) is 2.50. The van der Waals surface area contributed by atoms with Crippen LogP contribution in [0.4, 0.5) is 0 Å². The maximum absolute atomic E-state index is 12.5. The molecule has 3 N–H and O–H groups in total. The zero-order chi connectivity index (χ0) is 15.4. The highest BCUT2D eigenvalue weighted by Gasteiger charge is 2.22. The summed E-state index contributed by atoms with van der Waals surface area (Å²) < 4.78 is 1.81. The molecule has 6 heteroatoms. The molecule has 1 heterocycles. The minimum Gasteiger partial charge on any atom is -0.348 e. The molecule has 0 bridgehead atoms. The van der Waals surface area contributed by atoms with Gasteiger partial charge in [0.1, 0.15) is 5.69 Å². The van der Waals surface area contributed by atoms with E-state index in [2.05, 4.69) is 24.3 Å². The lowest BCUT2D eigenvalue weighted by Gasteiger charge is -2.26. The van der Waals surface area contributed by atoms with Crippen molar-refractivity contribution in [3.05, 3.63) is 17.5 Å². The summed E-state index contributed by atoms with van der Waals surface area (Å²) in [4.78, 5) is 12.5. The van der Waals surface area contributed by atoms with Crippen LogP contribution in [0.3, 0.4) is 0 Å². The van der Waals surface area contributed by atoms with Crippen LogP contribution in [0.2, 0.25) is 0 Å². The van der Waals surface area contributed by atoms with Gasteiger partial charge in [0.05, 0.1) is 5.69 Å². The molecular weight excluding hydrogens is 300 g/mol. The molecule has 2 rings (SSSR count). The average Bonchev–Trinajstić information content (AvgIpc) is 2.83. The third kappa shape index (κ3) is 4.99. The second-order valence-electron chi connectivity index (χ2n) is 6.52. The van der Waals surface area contributed by atoms with E-state index in [1.54, 1.807) is 0 Å². The number of hydrogen-bond acceptors (Lipinski definition) is 3. The zero-order valence-electron chi connectivity index (χ0n) is 13.8. The quantitative estimate of drug-likeness (QED) is 0.872. The van der Waals surface area contributed by atoms with E-state index < -0.39 is 0 Å². The highest BCUT2D eigenvalue weighted by molar-refractivity contribution is 5.92. The monoisotopic (exact) mass is 328 g/mol. The van der Waals surface area contributed by atoms with Crippen molar-refractivity contribution in [1.82, 2.24) is 15.1 Å². The molecule has 0 radical (unpaired) electrons. The molecule has 126 valence electrons. The molecule has 1 aromatic heterocycles. The van der Waals surface area contributed by atoms with Crippen molar-refractivity contribution in [3.8, 4) is 0 Å². The van der Waals surface area contributed by atoms with E-state index in [9.17, 15) is 4.79 Å². The van der Waals surface area contributed by atoms with E-state index in [0.29, 0.717) is 17.7 Å². The van der Waals surface area contributed by atoms with E-state index in [-0.39, 0.29) is 24.4 Å². The van der Waals surface area contributed by atoms with E-state index in [4.69, 9.17) is 5.73 Å². The Hall–Kier alpha value is -1.07. The van der Waals surface area contributed by atoms with Gasteiger partial charge in [-0.05, 0) is 51.0 Å². The lowest BCUT2D eigenvalue weighted by Crippen LogP contribution is -2.41. The topological polar surface area (TPSA) is 72.9 Å². The Morgan fingerprint density at radius 3 is 2.59 bits per heavy atom. The summed E-state index contributed by atoms with van der Waals surface area (Å²) in [6.45, 7) is 7.06. The molecule has 0 unspecified atom stereocenters. The summed E-state index contributed by atoms with van der Waals surface area (Å²) >= 11 is 0. The predicted octanol–water partition coefficient (Wildman–Crippen LogP) is 2.52. The fraction of sp³-hybridized carbons (Fsp3) is 0.750. The number of carbonyl (C=O) groups is 1. The maximum atomic E-state index is 12.5. The highest BCUT2D eigenvalue weighted by Crippen LogP contribution is 2.18. The molecule has 1 fully saturated rings. The van der Waals surface area contributed by atoms with Crippen LogP contribution in [0.25, 0.3) is 0 Å². The Balaban J connectivity index is 0.00000242. The van der Waals surface area contributed by atoms with Crippen molar-refractivity contribution in [2.24, 2.45) is 11.7 Å². The Kier molecular flexibility index (Phi) is 7.36. The van der Waals surface area contributed by atoms with Gasteiger partial charge in [0, 0.05) is 18.6 Å². The van der Waals surface area contributed by atoms with Crippen molar-refractivity contribution < 1.29 is 4.79 Å². The van der Waals surface area contributed by atoms with Gasteiger partial charge in [-0.1, -0.05) is 13.8 Å². The lowest BCUT2D eigenvalue weighted by molar-refractivity contribution is 0.0915.